The van der Waals surface area contributed by atoms with Crippen molar-refractivity contribution in [2.75, 3.05) is 0 Å². The number of rotatable bonds is 6. The van der Waals surface area contributed by atoms with Crippen LogP contribution in [0.3, 0.4) is 0 Å². The van der Waals surface area contributed by atoms with Gasteiger partial charge >= 0.3 is 6.03 Å². The van der Waals surface area contributed by atoms with Crippen LogP contribution in [0.2, 0.25) is 0 Å². The van der Waals surface area contributed by atoms with Gasteiger partial charge in [-0.2, -0.15) is 0 Å². The van der Waals surface area contributed by atoms with E-state index in [1.165, 1.54) is 11.1 Å². The first-order chi connectivity index (χ1) is 18.0. The van der Waals surface area contributed by atoms with Gasteiger partial charge in [0.15, 0.2) is 0 Å². The highest BCUT2D eigenvalue weighted by atomic mass is 16.2. The molecule has 0 fully saturated rings. The number of pyridine rings is 4. The van der Waals surface area contributed by atoms with Gasteiger partial charge in [0, 0.05) is 37.9 Å². The molecule has 0 aliphatic carbocycles. The fourth-order valence-corrected chi connectivity index (χ4v) is 3.86. The molecule has 38 heavy (non-hydrogen) atoms. The summed E-state index contributed by atoms with van der Waals surface area (Å²) in [5.41, 5.74) is 7.62. The number of carbonyl (C=O) groups excluding carboxylic acids is 1. The summed E-state index contributed by atoms with van der Waals surface area (Å²) in [6.07, 6.45) is 7.18. The van der Waals surface area contributed by atoms with Crippen molar-refractivity contribution in [2.45, 2.75) is 65.5 Å². The number of hydrogen-bond donors (Lipinski definition) is 2. The molecule has 0 aliphatic rings. The second kappa shape index (κ2) is 11.1. The standard InChI is InChI=1S/C31H36N6O/c1-30(2,3)23-11-13-32-27(15-23)25-9-7-21(17-34-25)19-36-29(38)37-20-22-8-10-26(35-18-22)28-16-24(12-14-33-28)31(4,5)6/h7-18H,19-20H2,1-6H3,(H2,36,37,38). The van der Waals surface area contributed by atoms with Crippen molar-refractivity contribution in [3.05, 3.63) is 95.6 Å². The third-order valence-electron chi connectivity index (χ3n) is 6.33. The molecule has 0 spiro atoms. The maximum absolute atomic E-state index is 12.3. The van der Waals surface area contributed by atoms with E-state index in [0.29, 0.717) is 13.1 Å². The Labute approximate surface area is 225 Å². The van der Waals surface area contributed by atoms with E-state index >= 15 is 0 Å². The van der Waals surface area contributed by atoms with Crippen LogP contribution in [0.25, 0.3) is 22.8 Å². The van der Waals surface area contributed by atoms with Gasteiger partial charge in [-0.05, 0) is 69.5 Å². The number of urea groups is 1. The van der Waals surface area contributed by atoms with Gasteiger partial charge < -0.3 is 10.6 Å². The topological polar surface area (TPSA) is 92.7 Å². The number of carbonyl (C=O) groups is 1. The van der Waals surface area contributed by atoms with Crippen LogP contribution < -0.4 is 10.6 Å². The number of nitrogens with one attached hydrogen (secondary N) is 2. The Morgan fingerprint density at radius 3 is 1.37 bits per heavy atom. The van der Waals surface area contributed by atoms with Crippen LogP contribution in [0.1, 0.15) is 63.8 Å². The molecule has 0 atom stereocenters. The summed E-state index contributed by atoms with van der Waals surface area (Å²) >= 11 is 0. The average Bonchev–Trinajstić information content (AvgIpc) is 2.90. The minimum Gasteiger partial charge on any atom is -0.334 e. The zero-order chi connectivity index (χ0) is 27.3. The van der Waals surface area contributed by atoms with E-state index in [-0.39, 0.29) is 16.9 Å². The highest BCUT2D eigenvalue weighted by Crippen LogP contribution is 2.26. The Balaban J connectivity index is 1.28. The zero-order valence-electron chi connectivity index (χ0n) is 23.0. The van der Waals surface area contributed by atoms with Crippen LogP contribution in [-0.2, 0) is 23.9 Å². The smallest absolute Gasteiger partial charge is 0.315 e. The van der Waals surface area contributed by atoms with Crippen LogP contribution in [-0.4, -0.2) is 26.0 Å². The molecule has 2 amide bonds. The van der Waals surface area contributed by atoms with Crippen molar-refractivity contribution in [2.24, 2.45) is 0 Å². The van der Waals surface area contributed by atoms with Gasteiger partial charge in [-0.1, -0.05) is 53.7 Å². The Morgan fingerprint density at radius 2 is 1.03 bits per heavy atom. The summed E-state index contributed by atoms with van der Waals surface area (Å²) in [5, 5.41) is 5.76. The van der Waals surface area contributed by atoms with E-state index in [9.17, 15) is 4.79 Å². The first kappa shape index (κ1) is 26.9. The molecule has 7 nitrogen and oxygen atoms in total. The van der Waals surface area contributed by atoms with Gasteiger partial charge in [0.25, 0.3) is 0 Å². The maximum Gasteiger partial charge on any atom is 0.315 e. The van der Waals surface area contributed by atoms with E-state index in [0.717, 1.165) is 33.9 Å². The minimum absolute atomic E-state index is 0.0439. The molecule has 0 unspecified atom stereocenters. The summed E-state index contributed by atoms with van der Waals surface area (Å²) in [6.45, 7) is 13.8. The van der Waals surface area contributed by atoms with E-state index < -0.39 is 0 Å². The highest BCUT2D eigenvalue weighted by molar-refractivity contribution is 5.73. The molecule has 0 aliphatic heterocycles. The van der Waals surface area contributed by atoms with Gasteiger partial charge in [-0.25, -0.2) is 4.79 Å². The lowest BCUT2D eigenvalue weighted by molar-refractivity contribution is 0.240. The SMILES string of the molecule is CC(C)(C)c1ccnc(-c2ccc(CNC(=O)NCc3ccc(-c4cc(C(C)(C)C)ccn4)nc3)cn2)c1. The molecular weight excluding hydrogens is 472 g/mol. The Morgan fingerprint density at radius 1 is 0.605 bits per heavy atom. The predicted octanol–water partition coefficient (Wildman–Crippen LogP) is 6.20. The monoisotopic (exact) mass is 508 g/mol. The zero-order valence-corrected chi connectivity index (χ0v) is 23.0. The Bertz CT molecular complexity index is 1280. The average molecular weight is 509 g/mol. The van der Waals surface area contributed by atoms with Gasteiger partial charge in [0.1, 0.15) is 0 Å². The minimum atomic E-state index is -0.253. The first-order valence-corrected chi connectivity index (χ1v) is 12.8. The van der Waals surface area contributed by atoms with Gasteiger partial charge in [0.2, 0.25) is 0 Å². The summed E-state index contributed by atoms with van der Waals surface area (Å²) in [6, 6.07) is 15.8. The molecule has 0 saturated carbocycles. The van der Waals surface area contributed by atoms with E-state index in [1.54, 1.807) is 12.4 Å². The van der Waals surface area contributed by atoms with Crippen molar-refractivity contribution in [3.63, 3.8) is 0 Å². The van der Waals surface area contributed by atoms with Crippen molar-refractivity contribution in [3.8, 4) is 22.8 Å². The van der Waals surface area contributed by atoms with Crippen LogP contribution in [0, 0.1) is 0 Å². The molecule has 0 radical (unpaired) electrons. The lowest BCUT2D eigenvalue weighted by atomic mass is 9.87. The third kappa shape index (κ3) is 7.00. The fourth-order valence-electron chi connectivity index (χ4n) is 3.86. The molecule has 4 aromatic rings. The molecule has 7 heteroatoms. The number of aromatic nitrogens is 4. The highest BCUT2D eigenvalue weighted by Gasteiger charge is 2.16. The largest absolute Gasteiger partial charge is 0.334 e. The van der Waals surface area contributed by atoms with E-state index in [2.05, 4.69) is 84.2 Å². The Hall–Kier alpha value is -4.13. The van der Waals surface area contributed by atoms with E-state index in [1.807, 2.05) is 48.8 Å². The van der Waals surface area contributed by atoms with Crippen LogP contribution in [0.15, 0.2) is 73.3 Å². The number of nitrogens with zero attached hydrogens (tertiary/aromatic N) is 4. The maximum atomic E-state index is 12.3. The molecule has 4 rings (SSSR count). The molecule has 0 saturated heterocycles. The van der Waals surface area contributed by atoms with Crippen molar-refractivity contribution in [1.82, 2.24) is 30.6 Å². The first-order valence-electron chi connectivity index (χ1n) is 12.8. The van der Waals surface area contributed by atoms with Gasteiger partial charge in [-0.15, -0.1) is 0 Å². The normalized spacial score (nSPS) is 11.7. The quantitative estimate of drug-likeness (QED) is 0.324. The molecule has 0 aromatic carbocycles. The molecule has 4 heterocycles. The van der Waals surface area contributed by atoms with Gasteiger partial charge in [0.05, 0.1) is 22.8 Å². The summed E-state index contributed by atoms with van der Waals surface area (Å²) < 4.78 is 0. The fraction of sp³-hybridized carbons (Fsp3) is 0.323. The Kier molecular flexibility index (Phi) is 7.86. The van der Waals surface area contributed by atoms with Crippen molar-refractivity contribution >= 4 is 6.03 Å². The van der Waals surface area contributed by atoms with Crippen molar-refractivity contribution < 1.29 is 4.79 Å². The molecular formula is C31H36N6O. The van der Waals surface area contributed by atoms with Crippen molar-refractivity contribution in [1.29, 1.82) is 0 Å². The molecule has 196 valence electrons. The number of hydrogen-bond acceptors (Lipinski definition) is 5. The second-order valence-corrected chi connectivity index (χ2v) is 11.5. The lowest BCUT2D eigenvalue weighted by Gasteiger charge is -2.19. The second-order valence-electron chi connectivity index (χ2n) is 11.5. The lowest BCUT2D eigenvalue weighted by Crippen LogP contribution is -2.34. The van der Waals surface area contributed by atoms with Crippen LogP contribution >= 0.6 is 0 Å². The third-order valence-corrected chi connectivity index (χ3v) is 6.33. The molecule has 4 aromatic heterocycles. The van der Waals surface area contributed by atoms with E-state index in [4.69, 9.17) is 0 Å². The number of amides is 2. The molecule has 2 N–H and O–H groups in total. The summed E-state index contributed by atoms with van der Waals surface area (Å²) in [5.74, 6) is 0. The predicted molar refractivity (Wildman–Crippen MR) is 151 cm³/mol. The summed E-state index contributed by atoms with van der Waals surface area (Å²) in [4.78, 5) is 30.4. The van der Waals surface area contributed by atoms with Gasteiger partial charge in [-0.3, -0.25) is 19.9 Å². The summed E-state index contributed by atoms with van der Waals surface area (Å²) in [7, 11) is 0. The van der Waals surface area contributed by atoms with Crippen LogP contribution in [0.5, 0.6) is 0 Å². The van der Waals surface area contributed by atoms with Crippen LogP contribution in [0.4, 0.5) is 4.79 Å². The molecule has 0 bridgehead atoms.